The van der Waals surface area contributed by atoms with Crippen molar-refractivity contribution in [2.24, 2.45) is 0 Å². The Labute approximate surface area is 248 Å². The fraction of sp³-hybridized carbons (Fsp3) is 0. The number of hydrogen-bond acceptors (Lipinski definition) is 5. The minimum absolute atomic E-state index is 0.598. The molecule has 0 spiro atoms. The van der Waals surface area contributed by atoms with Gasteiger partial charge in [0.2, 0.25) is 0 Å². The lowest BCUT2D eigenvalue weighted by Crippen LogP contribution is -2.00. The Bertz CT molecular complexity index is 2240. The van der Waals surface area contributed by atoms with Crippen LogP contribution in [0.1, 0.15) is 0 Å². The van der Waals surface area contributed by atoms with Crippen molar-refractivity contribution in [1.29, 1.82) is 0 Å². The molecule has 8 rings (SSSR count). The van der Waals surface area contributed by atoms with Crippen molar-refractivity contribution in [1.82, 2.24) is 19.9 Å². The van der Waals surface area contributed by atoms with Crippen LogP contribution in [0.4, 0.5) is 0 Å². The maximum Gasteiger partial charge on any atom is 0.164 e. The molecule has 0 fully saturated rings. The fourth-order valence-corrected chi connectivity index (χ4v) is 5.49. The van der Waals surface area contributed by atoms with Crippen LogP contribution in [0.15, 0.2) is 150 Å². The average Bonchev–Trinajstić information content (AvgIpc) is 3.48. The summed E-state index contributed by atoms with van der Waals surface area (Å²) in [6.07, 6.45) is 3.72. The van der Waals surface area contributed by atoms with Crippen molar-refractivity contribution in [3.05, 3.63) is 146 Å². The van der Waals surface area contributed by atoms with Crippen molar-refractivity contribution >= 4 is 21.9 Å². The van der Waals surface area contributed by atoms with Crippen LogP contribution in [0.5, 0.6) is 0 Å². The van der Waals surface area contributed by atoms with Crippen LogP contribution in [0.2, 0.25) is 0 Å². The van der Waals surface area contributed by atoms with Crippen LogP contribution in [-0.2, 0) is 0 Å². The molecule has 3 heterocycles. The predicted molar refractivity (Wildman–Crippen MR) is 172 cm³/mol. The molecule has 202 valence electrons. The minimum Gasteiger partial charge on any atom is -0.455 e. The summed E-state index contributed by atoms with van der Waals surface area (Å²) >= 11 is 0. The molecule has 0 amide bonds. The first-order valence-corrected chi connectivity index (χ1v) is 14.1. The Hall–Kier alpha value is -5.94. The third-order valence-electron chi connectivity index (χ3n) is 7.61. The van der Waals surface area contributed by atoms with Gasteiger partial charge in [0, 0.05) is 45.4 Å². The van der Waals surface area contributed by atoms with E-state index in [0.717, 1.165) is 60.9 Å². The first-order chi connectivity index (χ1) is 21.3. The van der Waals surface area contributed by atoms with Gasteiger partial charge < -0.3 is 4.42 Å². The second-order valence-electron chi connectivity index (χ2n) is 10.4. The average molecular weight is 553 g/mol. The Morgan fingerprint density at radius 1 is 0.395 bits per heavy atom. The second-order valence-corrected chi connectivity index (χ2v) is 10.4. The monoisotopic (exact) mass is 552 g/mol. The SMILES string of the molecule is c1ccc(-c2cccc(-c3nc(-c4ccccc4)nc(-c4cccc(-c5cncc6c5oc5ccccc56)c4)n3)c2)cc1. The van der Waals surface area contributed by atoms with E-state index in [-0.39, 0.29) is 0 Å². The molecule has 0 saturated heterocycles. The highest BCUT2D eigenvalue weighted by Crippen LogP contribution is 2.36. The van der Waals surface area contributed by atoms with Crippen molar-refractivity contribution in [2.75, 3.05) is 0 Å². The Balaban J connectivity index is 1.28. The molecule has 3 aromatic heterocycles. The summed E-state index contributed by atoms with van der Waals surface area (Å²) in [5.74, 6) is 1.84. The van der Waals surface area contributed by atoms with Gasteiger partial charge in [-0.1, -0.05) is 115 Å². The summed E-state index contributed by atoms with van der Waals surface area (Å²) < 4.78 is 6.30. The van der Waals surface area contributed by atoms with Gasteiger partial charge in [0.1, 0.15) is 11.2 Å². The lowest BCUT2D eigenvalue weighted by molar-refractivity contribution is 0.669. The van der Waals surface area contributed by atoms with Crippen LogP contribution in [0.25, 0.3) is 78.4 Å². The summed E-state index contributed by atoms with van der Waals surface area (Å²) in [6, 6.07) is 45.0. The molecule has 5 heteroatoms. The van der Waals surface area contributed by atoms with Crippen molar-refractivity contribution in [2.45, 2.75) is 0 Å². The van der Waals surface area contributed by atoms with Gasteiger partial charge in [-0.2, -0.15) is 0 Å². The zero-order chi connectivity index (χ0) is 28.6. The molecule has 0 unspecified atom stereocenters. The van der Waals surface area contributed by atoms with Crippen molar-refractivity contribution < 1.29 is 4.42 Å². The van der Waals surface area contributed by atoms with Gasteiger partial charge in [-0.3, -0.25) is 4.98 Å². The smallest absolute Gasteiger partial charge is 0.164 e. The molecule has 0 N–H and O–H groups in total. The third kappa shape index (κ3) is 4.63. The molecular weight excluding hydrogens is 528 g/mol. The normalized spacial score (nSPS) is 11.3. The molecule has 8 aromatic rings. The van der Waals surface area contributed by atoms with Crippen LogP contribution in [0.3, 0.4) is 0 Å². The molecular formula is C38H24N4O. The van der Waals surface area contributed by atoms with E-state index in [0.29, 0.717) is 17.5 Å². The Morgan fingerprint density at radius 2 is 0.930 bits per heavy atom. The number of benzene rings is 5. The van der Waals surface area contributed by atoms with Gasteiger partial charge in [0.15, 0.2) is 17.5 Å². The molecule has 0 radical (unpaired) electrons. The van der Waals surface area contributed by atoms with Gasteiger partial charge in [-0.25, -0.2) is 15.0 Å². The summed E-state index contributed by atoms with van der Waals surface area (Å²) in [4.78, 5) is 19.4. The molecule has 0 atom stereocenters. The maximum atomic E-state index is 6.30. The van der Waals surface area contributed by atoms with Gasteiger partial charge in [0.05, 0.1) is 0 Å². The standard InChI is InChI=1S/C38H24N4O/c1-3-11-25(12-4-1)27-15-9-17-29(21-27)37-40-36(26-13-5-2-6-14-26)41-38(42-37)30-18-10-16-28(22-30)32-23-39-24-33-31-19-7-8-20-34(31)43-35(32)33/h1-24H. The van der Waals surface area contributed by atoms with Gasteiger partial charge in [0.25, 0.3) is 0 Å². The zero-order valence-corrected chi connectivity index (χ0v) is 23.1. The molecule has 0 aliphatic rings. The molecule has 43 heavy (non-hydrogen) atoms. The quantitative estimate of drug-likeness (QED) is 0.213. The lowest BCUT2D eigenvalue weighted by atomic mass is 10.0. The summed E-state index contributed by atoms with van der Waals surface area (Å²) in [7, 11) is 0. The first kappa shape index (κ1) is 24.8. The number of aromatic nitrogens is 4. The van der Waals surface area contributed by atoms with Gasteiger partial charge in [-0.15, -0.1) is 0 Å². The second kappa shape index (κ2) is 10.5. The van der Waals surface area contributed by atoms with E-state index in [9.17, 15) is 0 Å². The van der Waals surface area contributed by atoms with E-state index >= 15 is 0 Å². The molecule has 5 nitrogen and oxygen atoms in total. The molecule has 0 aliphatic carbocycles. The summed E-state index contributed by atoms with van der Waals surface area (Å²) in [5, 5.41) is 2.04. The van der Waals surface area contributed by atoms with Crippen LogP contribution in [0, 0.1) is 0 Å². The Morgan fingerprint density at radius 3 is 1.65 bits per heavy atom. The van der Waals surface area contributed by atoms with E-state index in [1.54, 1.807) is 0 Å². The Kier molecular flexibility index (Phi) is 6.05. The zero-order valence-electron chi connectivity index (χ0n) is 23.1. The maximum absolute atomic E-state index is 6.30. The van der Waals surface area contributed by atoms with E-state index in [4.69, 9.17) is 19.4 Å². The van der Waals surface area contributed by atoms with Crippen LogP contribution < -0.4 is 0 Å². The van der Waals surface area contributed by atoms with Crippen LogP contribution in [-0.4, -0.2) is 19.9 Å². The number of para-hydroxylation sites is 1. The van der Waals surface area contributed by atoms with Gasteiger partial charge >= 0.3 is 0 Å². The molecule has 5 aromatic carbocycles. The number of pyridine rings is 1. The predicted octanol–water partition coefficient (Wildman–Crippen LogP) is 9.50. The molecule has 0 saturated carbocycles. The fourth-order valence-electron chi connectivity index (χ4n) is 5.49. The lowest BCUT2D eigenvalue weighted by Gasteiger charge is -2.10. The molecule has 0 bridgehead atoms. The number of hydrogen-bond donors (Lipinski definition) is 0. The van der Waals surface area contributed by atoms with E-state index < -0.39 is 0 Å². The summed E-state index contributed by atoms with van der Waals surface area (Å²) in [5.41, 5.74) is 8.53. The van der Waals surface area contributed by atoms with Gasteiger partial charge in [-0.05, 0) is 34.9 Å². The van der Waals surface area contributed by atoms with E-state index in [1.165, 1.54) is 0 Å². The highest BCUT2D eigenvalue weighted by Gasteiger charge is 2.16. The number of furan rings is 1. The molecule has 0 aliphatic heterocycles. The third-order valence-corrected chi connectivity index (χ3v) is 7.61. The van der Waals surface area contributed by atoms with Crippen molar-refractivity contribution in [3.63, 3.8) is 0 Å². The number of nitrogens with zero attached hydrogens (tertiary/aromatic N) is 4. The number of fused-ring (bicyclic) bond motifs is 3. The van der Waals surface area contributed by atoms with Crippen LogP contribution >= 0.6 is 0 Å². The summed E-state index contributed by atoms with van der Waals surface area (Å²) in [6.45, 7) is 0. The van der Waals surface area contributed by atoms with E-state index in [1.807, 2.05) is 103 Å². The topological polar surface area (TPSA) is 64.7 Å². The first-order valence-electron chi connectivity index (χ1n) is 14.1. The van der Waals surface area contributed by atoms with E-state index in [2.05, 4.69) is 47.4 Å². The highest BCUT2D eigenvalue weighted by atomic mass is 16.3. The number of rotatable bonds is 5. The highest BCUT2D eigenvalue weighted by molar-refractivity contribution is 6.09. The minimum atomic E-state index is 0.598. The van der Waals surface area contributed by atoms with Crippen molar-refractivity contribution in [3.8, 4) is 56.4 Å². The largest absolute Gasteiger partial charge is 0.455 e.